The van der Waals surface area contributed by atoms with Crippen LogP contribution in [-0.2, 0) is 28.0 Å². The zero-order valence-electron chi connectivity index (χ0n) is 16.8. The molecule has 1 saturated heterocycles. The molecule has 0 radical (unpaired) electrons. The first-order valence-corrected chi connectivity index (χ1v) is 11.4. The Morgan fingerprint density at radius 2 is 1.97 bits per heavy atom. The van der Waals surface area contributed by atoms with Gasteiger partial charge in [0.25, 0.3) is 0 Å². The Balaban J connectivity index is 1.27. The third kappa shape index (κ3) is 4.26. The van der Waals surface area contributed by atoms with Gasteiger partial charge in [0, 0.05) is 26.2 Å². The number of hydrogen-bond donors (Lipinski definition) is 2. The average molecular weight is 428 g/mol. The van der Waals surface area contributed by atoms with Gasteiger partial charge >= 0.3 is 0 Å². The number of hydrogen-bond acceptors (Lipinski definition) is 6. The highest BCUT2D eigenvalue weighted by molar-refractivity contribution is 7.89. The van der Waals surface area contributed by atoms with Crippen LogP contribution in [0.3, 0.4) is 0 Å². The van der Waals surface area contributed by atoms with Crippen LogP contribution < -0.4 is 4.72 Å². The largest absolute Gasteiger partial charge is 0.387 e. The zero-order chi connectivity index (χ0) is 21.3. The molecule has 158 valence electrons. The first-order chi connectivity index (χ1) is 14.4. The predicted molar refractivity (Wildman–Crippen MR) is 111 cm³/mol. The molecule has 30 heavy (non-hydrogen) atoms. The van der Waals surface area contributed by atoms with Crippen LogP contribution in [0, 0.1) is 24.2 Å². The SMILES string of the molecule is Cc1c([C@@H](O)CN2CC(CNS(=O)(=O)c3ccc(C#N)cc3)C2)ccc2c1COC2. The van der Waals surface area contributed by atoms with Crippen molar-refractivity contribution in [3.63, 3.8) is 0 Å². The van der Waals surface area contributed by atoms with Gasteiger partial charge in [-0.1, -0.05) is 12.1 Å². The van der Waals surface area contributed by atoms with Crippen molar-refractivity contribution in [1.29, 1.82) is 5.26 Å². The minimum atomic E-state index is -3.59. The predicted octanol–water partition coefficient (Wildman–Crippen LogP) is 1.84. The maximum absolute atomic E-state index is 12.4. The minimum absolute atomic E-state index is 0.157. The summed E-state index contributed by atoms with van der Waals surface area (Å²) >= 11 is 0. The summed E-state index contributed by atoms with van der Waals surface area (Å²) in [7, 11) is -3.59. The fraction of sp³-hybridized carbons (Fsp3) is 0.409. The molecule has 8 heteroatoms. The van der Waals surface area contributed by atoms with Crippen molar-refractivity contribution in [2.75, 3.05) is 26.2 Å². The van der Waals surface area contributed by atoms with Crippen molar-refractivity contribution < 1.29 is 18.3 Å². The van der Waals surface area contributed by atoms with E-state index in [0.29, 0.717) is 31.9 Å². The maximum Gasteiger partial charge on any atom is 0.240 e. The fourth-order valence-electron chi connectivity index (χ4n) is 4.11. The zero-order valence-corrected chi connectivity index (χ0v) is 17.7. The Labute approximate surface area is 176 Å². The molecule has 2 N–H and O–H groups in total. The van der Waals surface area contributed by atoms with Gasteiger partial charge in [-0.25, -0.2) is 13.1 Å². The van der Waals surface area contributed by atoms with Gasteiger partial charge in [-0.2, -0.15) is 5.26 Å². The third-order valence-electron chi connectivity index (χ3n) is 5.92. The van der Waals surface area contributed by atoms with Gasteiger partial charge < -0.3 is 9.84 Å². The number of nitrogens with one attached hydrogen (secondary N) is 1. The number of β-amino-alcohol motifs (C(OH)–C–C–N with tert-alkyl or cyclic N) is 1. The smallest absolute Gasteiger partial charge is 0.240 e. The van der Waals surface area contributed by atoms with E-state index in [1.807, 2.05) is 25.1 Å². The Morgan fingerprint density at radius 3 is 2.67 bits per heavy atom. The summed E-state index contributed by atoms with van der Waals surface area (Å²) < 4.78 is 32.9. The fourth-order valence-corrected chi connectivity index (χ4v) is 5.22. The molecule has 0 bridgehead atoms. The van der Waals surface area contributed by atoms with Crippen molar-refractivity contribution in [3.8, 4) is 6.07 Å². The minimum Gasteiger partial charge on any atom is -0.387 e. The number of aliphatic hydroxyl groups excluding tert-OH is 1. The molecule has 0 aromatic heterocycles. The highest BCUT2D eigenvalue weighted by atomic mass is 32.2. The maximum atomic E-state index is 12.4. The molecular weight excluding hydrogens is 402 g/mol. The monoisotopic (exact) mass is 427 g/mol. The summed E-state index contributed by atoms with van der Waals surface area (Å²) in [4.78, 5) is 2.29. The average Bonchev–Trinajstić information content (AvgIpc) is 3.19. The molecule has 0 unspecified atom stereocenters. The number of benzene rings is 2. The Kier molecular flexibility index (Phi) is 5.91. The van der Waals surface area contributed by atoms with Crippen LogP contribution in [0.4, 0.5) is 0 Å². The highest BCUT2D eigenvalue weighted by Crippen LogP contribution is 2.30. The van der Waals surface area contributed by atoms with Gasteiger partial charge in [0.1, 0.15) is 0 Å². The Bertz CT molecular complexity index is 1070. The van der Waals surface area contributed by atoms with Crippen molar-refractivity contribution in [2.24, 2.45) is 5.92 Å². The van der Waals surface area contributed by atoms with Crippen LogP contribution in [0.5, 0.6) is 0 Å². The Hall–Kier alpha value is -2.28. The van der Waals surface area contributed by atoms with Crippen molar-refractivity contribution in [3.05, 3.63) is 64.2 Å². The molecule has 0 spiro atoms. The van der Waals surface area contributed by atoms with Gasteiger partial charge in [0.05, 0.1) is 35.8 Å². The summed E-state index contributed by atoms with van der Waals surface area (Å²) in [5.41, 5.74) is 4.84. The summed E-state index contributed by atoms with van der Waals surface area (Å²) in [5, 5.41) is 19.5. The summed E-state index contributed by atoms with van der Waals surface area (Å²) in [6.45, 7) is 5.62. The number of nitriles is 1. The van der Waals surface area contributed by atoms with E-state index < -0.39 is 16.1 Å². The molecule has 0 amide bonds. The highest BCUT2D eigenvalue weighted by Gasteiger charge is 2.30. The number of fused-ring (bicyclic) bond motifs is 1. The van der Waals surface area contributed by atoms with Crippen LogP contribution in [0.1, 0.15) is 33.9 Å². The molecule has 7 nitrogen and oxygen atoms in total. The first kappa shape index (κ1) is 21.0. The van der Waals surface area contributed by atoms with E-state index in [1.54, 1.807) is 0 Å². The molecule has 0 saturated carbocycles. The quantitative estimate of drug-likeness (QED) is 0.699. The topological polar surface area (TPSA) is 103 Å². The van der Waals surface area contributed by atoms with Crippen molar-refractivity contribution >= 4 is 10.0 Å². The molecule has 2 aromatic carbocycles. The van der Waals surface area contributed by atoms with Gasteiger partial charge in [-0.05, 0) is 59.4 Å². The van der Waals surface area contributed by atoms with Gasteiger partial charge in [0.2, 0.25) is 10.0 Å². The molecule has 4 rings (SSSR count). The van der Waals surface area contributed by atoms with E-state index >= 15 is 0 Å². The standard InChI is InChI=1S/C22H25N3O4S/c1-15-20(7-4-18-13-29-14-21(15)18)22(26)12-25-10-17(11-25)9-24-30(27,28)19-5-2-16(8-23)3-6-19/h2-7,17,22,24,26H,9-14H2,1H3/t22-/m0/s1. The summed E-state index contributed by atoms with van der Waals surface area (Å²) in [5.74, 6) is 0.208. The van der Waals surface area contributed by atoms with Crippen LogP contribution in [-0.4, -0.2) is 44.6 Å². The van der Waals surface area contributed by atoms with E-state index in [2.05, 4.69) is 9.62 Å². The molecule has 2 heterocycles. The first-order valence-electron chi connectivity index (χ1n) is 9.96. The molecule has 0 aliphatic carbocycles. The molecule has 1 fully saturated rings. The number of aliphatic hydroxyl groups is 1. The summed E-state index contributed by atoms with van der Waals surface area (Å²) in [6, 6.07) is 11.9. The number of ether oxygens (including phenoxy) is 1. The van der Waals surface area contributed by atoms with E-state index in [9.17, 15) is 13.5 Å². The second-order valence-electron chi connectivity index (χ2n) is 8.00. The normalized spacial score (nSPS) is 17.9. The van der Waals surface area contributed by atoms with Gasteiger partial charge in [0.15, 0.2) is 0 Å². The van der Waals surface area contributed by atoms with Crippen molar-refractivity contribution in [1.82, 2.24) is 9.62 Å². The van der Waals surface area contributed by atoms with Gasteiger partial charge in [-0.3, -0.25) is 4.90 Å². The lowest BCUT2D eigenvalue weighted by atomic mass is 9.94. The Morgan fingerprint density at radius 1 is 1.23 bits per heavy atom. The molecule has 2 aromatic rings. The van der Waals surface area contributed by atoms with Crippen LogP contribution >= 0.6 is 0 Å². The van der Waals surface area contributed by atoms with Crippen LogP contribution in [0.25, 0.3) is 0 Å². The van der Waals surface area contributed by atoms with E-state index in [0.717, 1.165) is 24.2 Å². The van der Waals surface area contributed by atoms with E-state index in [4.69, 9.17) is 10.00 Å². The lowest BCUT2D eigenvalue weighted by Gasteiger charge is -2.40. The van der Waals surface area contributed by atoms with Gasteiger partial charge in [-0.15, -0.1) is 0 Å². The third-order valence-corrected chi connectivity index (χ3v) is 7.36. The second-order valence-corrected chi connectivity index (χ2v) is 9.77. The molecular formula is C22H25N3O4S. The van der Waals surface area contributed by atoms with E-state index in [-0.39, 0.29) is 10.8 Å². The lowest BCUT2D eigenvalue weighted by molar-refractivity contribution is 0.0413. The number of sulfonamides is 1. The molecule has 2 aliphatic heterocycles. The summed E-state index contributed by atoms with van der Waals surface area (Å²) in [6.07, 6.45) is -0.577. The van der Waals surface area contributed by atoms with E-state index in [1.165, 1.54) is 35.4 Å². The molecule has 1 atom stereocenters. The number of nitrogens with zero attached hydrogens (tertiary/aromatic N) is 2. The molecule has 2 aliphatic rings. The van der Waals surface area contributed by atoms with Crippen LogP contribution in [0.2, 0.25) is 0 Å². The van der Waals surface area contributed by atoms with Crippen LogP contribution in [0.15, 0.2) is 41.3 Å². The second kappa shape index (κ2) is 8.46. The number of likely N-dealkylation sites (tertiary alicyclic amines) is 1. The lowest BCUT2D eigenvalue weighted by Crippen LogP contribution is -2.52. The van der Waals surface area contributed by atoms with Crippen molar-refractivity contribution in [2.45, 2.75) is 31.1 Å². The number of rotatable bonds is 7.